The van der Waals surface area contributed by atoms with E-state index >= 15 is 0 Å². The van der Waals surface area contributed by atoms with Crippen LogP contribution in [0, 0.1) is 6.73 Å². The van der Waals surface area contributed by atoms with Crippen LogP contribution in [0.3, 0.4) is 0 Å². The van der Waals surface area contributed by atoms with Gasteiger partial charge in [-0.05, 0) is 14.1 Å². The van der Waals surface area contributed by atoms with E-state index < -0.39 is 0 Å². The maximum atomic E-state index is 7.94. The molecule has 0 aromatic rings. The highest BCUT2D eigenvalue weighted by atomic mass is 16.3. The van der Waals surface area contributed by atoms with E-state index in [1.54, 1.807) is 19.0 Å². The van der Waals surface area contributed by atoms with Gasteiger partial charge in [0.15, 0.2) is 0 Å². The summed E-state index contributed by atoms with van der Waals surface area (Å²) in [6.45, 7) is 1.00. The quantitative estimate of drug-likeness (QED) is 0.474. The van der Waals surface area contributed by atoms with Gasteiger partial charge in [-0.15, -0.1) is 0 Å². The minimum Gasteiger partial charge on any atom is -0.374 e. The molecule has 0 aliphatic rings. The molecular weight excluding hydrogens is 66.0 g/mol. The Morgan fingerprint density at radius 2 is 1.80 bits per heavy atom. The molecule has 0 aromatic heterocycles. The summed E-state index contributed by atoms with van der Waals surface area (Å²) in [4.78, 5) is 1.56. The van der Waals surface area contributed by atoms with Crippen LogP contribution >= 0.6 is 0 Å². The largest absolute Gasteiger partial charge is 0.374 e. The van der Waals surface area contributed by atoms with Crippen molar-refractivity contribution in [3.05, 3.63) is 6.73 Å². The molecule has 0 saturated heterocycles. The van der Waals surface area contributed by atoms with E-state index in [0.29, 0.717) is 0 Å². The second-order valence-corrected chi connectivity index (χ2v) is 1.08. The fraction of sp³-hybridized carbons (Fsp3) is 0.667. The Labute approximate surface area is 32.0 Å². The van der Waals surface area contributed by atoms with E-state index in [1.807, 2.05) is 0 Å². The molecular formula is C3H8NO. The van der Waals surface area contributed by atoms with Crippen LogP contribution in [0.5, 0.6) is 0 Å². The smallest absolute Gasteiger partial charge is 0.146 e. The summed E-state index contributed by atoms with van der Waals surface area (Å²) < 4.78 is 0. The lowest BCUT2D eigenvalue weighted by Gasteiger charge is -1.97. The zero-order chi connectivity index (χ0) is 4.28. The number of hydrogen-bond acceptors (Lipinski definition) is 2. The Morgan fingerprint density at radius 3 is 1.80 bits per heavy atom. The van der Waals surface area contributed by atoms with Crippen LogP contribution in [0.1, 0.15) is 0 Å². The molecule has 0 unspecified atom stereocenters. The summed E-state index contributed by atoms with van der Waals surface area (Å²) in [5.74, 6) is 0. The maximum Gasteiger partial charge on any atom is 0.146 e. The van der Waals surface area contributed by atoms with Crippen LogP contribution in [-0.4, -0.2) is 24.1 Å². The molecule has 0 aromatic carbocycles. The molecule has 0 atom stereocenters. The first-order chi connectivity index (χ1) is 2.27. The van der Waals surface area contributed by atoms with E-state index in [2.05, 4.69) is 0 Å². The lowest BCUT2D eigenvalue weighted by molar-refractivity contribution is 0.248. The molecule has 0 saturated carbocycles. The van der Waals surface area contributed by atoms with Gasteiger partial charge >= 0.3 is 0 Å². The molecule has 0 aliphatic heterocycles. The van der Waals surface area contributed by atoms with Gasteiger partial charge in [0.2, 0.25) is 0 Å². The fourth-order valence-electron chi connectivity index (χ4n) is 0. The summed E-state index contributed by atoms with van der Waals surface area (Å²) >= 11 is 0. The first-order valence-corrected chi connectivity index (χ1v) is 1.41. The van der Waals surface area contributed by atoms with Crippen molar-refractivity contribution >= 4 is 0 Å². The lowest BCUT2D eigenvalue weighted by atomic mass is 11.0. The van der Waals surface area contributed by atoms with Crippen molar-refractivity contribution in [2.45, 2.75) is 0 Å². The van der Waals surface area contributed by atoms with Crippen molar-refractivity contribution < 1.29 is 5.11 Å². The van der Waals surface area contributed by atoms with Crippen LogP contribution in [0.4, 0.5) is 0 Å². The molecule has 1 radical (unpaired) electrons. The average Bonchev–Trinajstić information content (AvgIpc) is 1.38. The molecule has 2 nitrogen and oxygen atoms in total. The van der Waals surface area contributed by atoms with Crippen LogP contribution in [0.25, 0.3) is 0 Å². The lowest BCUT2D eigenvalue weighted by Crippen LogP contribution is -2.05. The third kappa shape index (κ3) is 3.92. The van der Waals surface area contributed by atoms with Gasteiger partial charge in [0, 0.05) is 0 Å². The van der Waals surface area contributed by atoms with Crippen molar-refractivity contribution in [3.8, 4) is 0 Å². The van der Waals surface area contributed by atoms with Crippen molar-refractivity contribution in [3.63, 3.8) is 0 Å². The van der Waals surface area contributed by atoms with E-state index in [0.717, 1.165) is 6.73 Å². The van der Waals surface area contributed by atoms with E-state index in [9.17, 15) is 0 Å². The predicted octanol–water partition coefficient (Wildman–Crippen LogP) is 0.0398. The molecule has 1 N–H and O–H groups in total. The summed E-state index contributed by atoms with van der Waals surface area (Å²) in [6.07, 6.45) is 0. The van der Waals surface area contributed by atoms with Crippen molar-refractivity contribution in [1.29, 1.82) is 0 Å². The molecule has 31 valence electrons. The molecule has 0 heterocycles. The van der Waals surface area contributed by atoms with E-state index in [-0.39, 0.29) is 0 Å². The second-order valence-electron chi connectivity index (χ2n) is 1.08. The van der Waals surface area contributed by atoms with Crippen LogP contribution < -0.4 is 0 Å². The van der Waals surface area contributed by atoms with Crippen LogP contribution in [0.15, 0.2) is 0 Å². The topological polar surface area (TPSA) is 23.5 Å². The van der Waals surface area contributed by atoms with Gasteiger partial charge in [0.25, 0.3) is 0 Å². The number of nitrogens with zero attached hydrogens (tertiary/aromatic N) is 1. The highest BCUT2D eigenvalue weighted by molar-refractivity contribution is 4.34. The molecule has 0 fully saturated rings. The van der Waals surface area contributed by atoms with Gasteiger partial charge in [-0.3, -0.25) is 4.90 Å². The van der Waals surface area contributed by atoms with Gasteiger partial charge in [-0.2, -0.15) is 0 Å². The first kappa shape index (κ1) is 4.92. The molecule has 2 heteroatoms. The van der Waals surface area contributed by atoms with Gasteiger partial charge in [-0.25, -0.2) is 0 Å². The van der Waals surface area contributed by atoms with Crippen molar-refractivity contribution in [2.24, 2.45) is 0 Å². The SMILES string of the molecule is CN(C)[CH]O. The third-order valence-corrected chi connectivity index (χ3v) is 0.231. The Kier molecular flexibility index (Phi) is 2.14. The second kappa shape index (κ2) is 2.18. The summed E-state index contributed by atoms with van der Waals surface area (Å²) in [6, 6.07) is 0. The van der Waals surface area contributed by atoms with Gasteiger partial charge in [0.1, 0.15) is 6.73 Å². The molecule has 0 bridgehead atoms. The zero-order valence-electron chi connectivity index (χ0n) is 3.47. The fourth-order valence-corrected chi connectivity index (χ4v) is 0. The Morgan fingerprint density at radius 1 is 1.60 bits per heavy atom. The predicted molar refractivity (Wildman–Crippen MR) is 19.9 cm³/mol. The Hall–Kier alpha value is -0.0800. The molecule has 0 aliphatic carbocycles. The highest BCUT2D eigenvalue weighted by Crippen LogP contribution is 1.67. The highest BCUT2D eigenvalue weighted by Gasteiger charge is 1.75. The summed E-state index contributed by atoms with van der Waals surface area (Å²) in [5.41, 5.74) is 0. The Bertz CT molecular complexity index is 20.9. The molecule has 0 spiro atoms. The summed E-state index contributed by atoms with van der Waals surface area (Å²) in [7, 11) is 3.50. The molecule has 5 heavy (non-hydrogen) atoms. The zero-order valence-corrected chi connectivity index (χ0v) is 3.47. The number of hydrogen-bond donors (Lipinski definition) is 1. The van der Waals surface area contributed by atoms with Crippen LogP contribution in [-0.2, 0) is 0 Å². The minimum atomic E-state index is 1.00. The molecule has 0 amide bonds. The van der Waals surface area contributed by atoms with Gasteiger partial charge in [0.05, 0.1) is 0 Å². The number of rotatable bonds is 1. The molecule has 0 rings (SSSR count). The summed E-state index contributed by atoms with van der Waals surface area (Å²) in [5, 5.41) is 7.94. The van der Waals surface area contributed by atoms with Crippen molar-refractivity contribution in [2.75, 3.05) is 14.1 Å². The van der Waals surface area contributed by atoms with Crippen LogP contribution in [0.2, 0.25) is 0 Å². The maximum absolute atomic E-state index is 7.94. The Balaban J connectivity index is 2.54. The van der Waals surface area contributed by atoms with Gasteiger partial charge in [-0.1, -0.05) is 0 Å². The van der Waals surface area contributed by atoms with Crippen molar-refractivity contribution in [1.82, 2.24) is 4.90 Å². The number of aliphatic hydroxyl groups excluding tert-OH is 1. The van der Waals surface area contributed by atoms with E-state index in [1.165, 1.54) is 0 Å². The average molecular weight is 74.1 g/mol. The standard InChI is InChI=1S/C3H8NO/c1-4(2)3-5/h3,5H,1-2H3. The monoisotopic (exact) mass is 74.1 g/mol. The minimum absolute atomic E-state index is 1.00. The van der Waals surface area contributed by atoms with Gasteiger partial charge < -0.3 is 5.11 Å². The first-order valence-electron chi connectivity index (χ1n) is 1.41. The number of aliphatic hydroxyl groups is 1. The van der Waals surface area contributed by atoms with E-state index in [4.69, 9.17) is 5.11 Å². The normalized spacial score (nSPS) is 9.60. The third-order valence-electron chi connectivity index (χ3n) is 0.231.